The van der Waals surface area contributed by atoms with Crippen LogP contribution in [-0.2, 0) is 4.57 Å². The fourth-order valence-electron chi connectivity index (χ4n) is 1.98. The fraction of sp³-hybridized carbons (Fsp3) is 0.200. The normalized spacial score (nSPS) is 13.6. The Kier molecular flexibility index (Phi) is 3.96. The quantitative estimate of drug-likeness (QED) is 0.805. The van der Waals surface area contributed by atoms with Crippen molar-refractivity contribution in [3.8, 4) is 11.5 Å². The largest absolute Gasteiger partial charge is 0.497 e. The molecule has 4 heteroatoms. The molecule has 0 heterocycles. The van der Waals surface area contributed by atoms with Crippen LogP contribution in [0.15, 0.2) is 48.5 Å². The summed E-state index contributed by atoms with van der Waals surface area (Å²) in [5.41, 5.74) is 0. The van der Waals surface area contributed by atoms with Crippen LogP contribution in [0.3, 0.4) is 0 Å². The average molecular weight is 276 g/mol. The Morgan fingerprint density at radius 3 is 2.21 bits per heavy atom. The SMILES string of the molecule is COc1ccc(OC)c(P(C)(=O)c2ccccc2)c1. The molecule has 0 fully saturated rings. The molecule has 1 unspecified atom stereocenters. The van der Waals surface area contributed by atoms with Gasteiger partial charge in [0.1, 0.15) is 18.6 Å². The molecule has 0 N–H and O–H groups in total. The highest BCUT2D eigenvalue weighted by atomic mass is 31.2. The first-order valence-electron chi connectivity index (χ1n) is 5.95. The molecule has 2 aromatic carbocycles. The fourth-order valence-corrected chi connectivity index (χ4v) is 3.96. The van der Waals surface area contributed by atoms with Gasteiger partial charge in [-0.3, -0.25) is 0 Å². The van der Waals surface area contributed by atoms with Gasteiger partial charge < -0.3 is 14.0 Å². The predicted molar refractivity (Wildman–Crippen MR) is 78.8 cm³/mol. The lowest BCUT2D eigenvalue weighted by molar-refractivity contribution is 0.405. The second kappa shape index (κ2) is 5.50. The van der Waals surface area contributed by atoms with E-state index in [1.165, 1.54) is 0 Å². The molecular formula is C15H17O3P. The van der Waals surface area contributed by atoms with Crippen LogP contribution in [0.2, 0.25) is 0 Å². The van der Waals surface area contributed by atoms with Crippen molar-refractivity contribution in [2.45, 2.75) is 0 Å². The first-order chi connectivity index (χ1) is 9.09. The highest BCUT2D eigenvalue weighted by Gasteiger charge is 2.25. The zero-order chi connectivity index (χ0) is 13.9. The van der Waals surface area contributed by atoms with Crippen LogP contribution < -0.4 is 20.1 Å². The number of ether oxygens (including phenoxy) is 2. The molecule has 3 nitrogen and oxygen atoms in total. The highest BCUT2D eigenvalue weighted by Crippen LogP contribution is 2.42. The number of hydrogen-bond acceptors (Lipinski definition) is 3. The molecule has 0 spiro atoms. The molecule has 0 saturated carbocycles. The van der Waals surface area contributed by atoms with Crippen molar-refractivity contribution in [1.29, 1.82) is 0 Å². The number of benzene rings is 2. The molecule has 2 aromatic rings. The van der Waals surface area contributed by atoms with Gasteiger partial charge in [0, 0.05) is 5.30 Å². The van der Waals surface area contributed by atoms with Crippen LogP contribution in [0, 0.1) is 0 Å². The van der Waals surface area contributed by atoms with Crippen molar-refractivity contribution in [1.82, 2.24) is 0 Å². The molecule has 0 aromatic heterocycles. The van der Waals surface area contributed by atoms with E-state index in [2.05, 4.69) is 0 Å². The molecule has 100 valence electrons. The maximum Gasteiger partial charge on any atom is 0.144 e. The average Bonchev–Trinajstić information content (AvgIpc) is 2.47. The molecule has 0 aliphatic carbocycles. The van der Waals surface area contributed by atoms with E-state index >= 15 is 0 Å². The molecule has 0 aliphatic rings. The third-order valence-corrected chi connectivity index (χ3v) is 5.65. The lowest BCUT2D eigenvalue weighted by atomic mass is 10.3. The molecular weight excluding hydrogens is 259 g/mol. The van der Waals surface area contributed by atoms with Gasteiger partial charge in [0.25, 0.3) is 0 Å². The van der Waals surface area contributed by atoms with E-state index in [1.807, 2.05) is 30.3 Å². The summed E-state index contributed by atoms with van der Waals surface area (Å²) in [4.78, 5) is 0. The zero-order valence-corrected chi connectivity index (χ0v) is 12.2. The van der Waals surface area contributed by atoms with E-state index in [1.54, 1.807) is 39.1 Å². The van der Waals surface area contributed by atoms with E-state index < -0.39 is 7.14 Å². The van der Waals surface area contributed by atoms with Crippen LogP contribution in [0.5, 0.6) is 11.5 Å². The molecule has 1 atom stereocenters. The summed E-state index contributed by atoms with van der Waals surface area (Å²) in [5.74, 6) is 1.30. The summed E-state index contributed by atoms with van der Waals surface area (Å²) >= 11 is 0. The van der Waals surface area contributed by atoms with E-state index in [9.17, 15) is 4.57 Å². The smallest absolute Gasteiger partial charge is 0.144 e. The van der Waals surface area contributed by atoms with Crippen molar-refractivity contribution in [3.63, 3.8) is 0 Å². The molecule has 0 bridgehead atoms. The van der Waals surface area contributed by atoms with Crippen LogP contribution in [0.4, 0.5) is 0 Å². The van der Waals surface area contributed by atoms with Crippen LogP contribution in [0.1, 0.15) is 0 Å². The Morgan fingerprint density at radius 1 is 0.947 bits per heavy atom. The summed E-state index contributed by atoms with van der Waals surface area (Å²) in [6.07, 6.45) is 0. The Labute approximate surface area is 113 Å². The molecule has 0 radical (unpaired) electrons. The zero-order valence-electron chi connectivity index (χ0n) is 11.3. The van der Waals surface area contributed by atoms with Crippen molar-refractivity contribution >= 4 is 17.8 Å². The third kappa shape index (κ3) is 2.66. The molecule has 0 amide bonds. The summed E-state index contributed by atoms with van der Waals surface area (Å²) in [5, 5.41) is 1.49. The minimum absolute atomic E-state index is 0.621. The molecule has 19 heavy (non-hydrogen) atoms. The summed E-state index contributed by atoms with van der Waals surface area (Å²) in [6, 6.07) is 14.8. The second-order valence-corrected chi connectivity index (χ2v) is 7.14. The monoisotopic (exact) mass is 276 g/mol. The number of hydrogen-bond donors (Lipinski definition) is 0. The first kappa shape index (κ1) is 13.7. The molecule has 2 rings (SSSR count). The van der Waals surface area contributed by atoms with Gasteiger partial charge in [-0.05, 0) is 24.9 Å². The van der Waals surface area contributed by atoms with Gasteiger partial charge >= 0.3 is 0 Å². The van der Waals surface area contributed by atoms with Crippen molar-refractivity contribution in [2.24, 2.45) is 0 Å². The van der Waals surface area contributed by atoms with Crippen molar-refractivity contribution < 1.29 is 14.0 Å². The molecule has 0 saturated heterocycles. The standard InChI is InChI=1S/C15H17O3P/c1-17-12-9-10-14(18-2)15(11-12)19(3,16)13-7-5-4-6-8-13/h4-11H,1-3H3. The Bertz CT molecular complexity index is 608. The summed E-state index contributed by atoms with van der Waals surface area (Å²) < 4.78 is 23.7. The Morgan fingerprint density at radius 2 is 1.63 bits per heavy atom. The van der Waals surface area contributed by atoms with E-state index in [-0.39, 0.29) is 0 Å². The summed E-state index contributed by atoms with van der Waals surface area (Å²) in [7, 11) is 0.475. The van der Waals surface area contributed by atoms with Gasteiger partial charge in [-0.1, -0.05) is 30.3 Å². The first-order valence-corrected chi connectivity index (χ1v) is 8.10. The third-order valence-electron chi connectivity index (χ3n) is 3.09. The van der Waals surface area contributed by atoms with Crippen LogP contribution in [0.25, 0.3) is 0 Å². The van der Waals surface area contributed by atoms with Crippen LogP contribution >= 0.6 is 7.14 Å². The van der Waals surface area contributed by atoms with Crippen LogP contribution in [-0.4, -0.2) is 20.9 Å². The number of methoxy groups -OCH3 is 2. The Hall–Kier alpha value is -1.73. The van der Waals surface area contributed by atoms with E-state index in [0.717, 1.165) is 5.30 Å². The number of rotatable bonds is 4. The van der Waals surface area contributed by atoms with Gasteiger partial charge in [-0.15, -0.1) is 0 Å². The lowest BCUT2D eigenvalue weighted by Crippen LogP contribution is -2.17. The maximum absolute atomic E-state index is 13.1. The van der Waals surface area contributed by atoms with Gasteiger partial charge in [-0.25, -0.2) is 0 Å². The van der Waals surface area contributed by atoms with Gasteiger partial charge in [0.05, 0.1) is 19.5 Å². The Balaban J connectivity index is 2.59. The maximum atomic E-state index is 13.1. The minimum Gasteiger partial charge on any atom is -0.497 e. The van der Waals surface area contributed by atoms with Crippen molar-refractivity contribution in [3.05, 3.63) is 48.5 Å². The van der Waals surface area contributed by atoms with Gasteiger partial charge in [0.15, 0.2) is 0 Å². The molecule has 0 aliphatic heterocycles. The lowest BCUT2D eigenvalue weighted by Gasteiger charge is -2.18. The summed E-state index contributed by atoms with van der Waals surface area (Å²) in [6.45, 7) is 1.75. The minimum atomic E-state index is -2.70. The van der Waals surface area contributed by atoms with Gasteiger partial charge in [-0.2, -0.15) is 0 Å². The highest BCUT2D eigenvalue weighted by molar-refractivity contribution is 7.78. The second-order valence-electron chi connectivity index (χ2n) is 4.30. The predicted octanol–water partition coefficient (Wildman–Crippen LogP) is 2.65. The van der Waals surface area contributed by atoms with Gasteiger partial charge in [0.2, 0.25) is 0 Å². The van der Waals surface area contributed by atoms with E-state index in [0.29, 0.717) is 16.8 Å². The van der Waals surface area contributed by atoms with Crippen molar-refractivity contribution in [2.75, 3.05) is 20.9 Å². The van der Waals surface area contributed by atoms with E-state index in [4.69, 9.17) is 9.47 Å². The topological polar surface area (TPSA) is 35.5 Å².